The average molecular weight is 309 g/mol. The van der Waals surface area contributed by atoms with Crippen molar-refractivity contribution < 1.29 is 4.79 Å². The summed E-state index contributed by atoms with van der Waals surface area (Å²) in [6, 6.07) is 9.69. The zero-order valence-electron chi connectivity index (χ0n) is 13.1. The maximum atomic E-state index is 12.2. The van der Waals surface area contributed by atoms with Crippen LogP contribution in [0.25, 0.3) is 5.69 Å². The second kappa shape index (κ2) is 6.53. The van der Waals surface area contributed by atoms with Crippen LogP contribution in [0.2, 0.25) is 0 Å². The highest BCUT2D eigenvalue weighted by molar-refractivity contribution is 5.92. The van der Waals surface area contributed by atoms with E-state index in [1.54, 1.807) is 21.8 Å². The second-order valence-corrected chi connectivity index (χ2v) is 5.73. The van der Waals surface area contributed by atoms with Gasteiger partial charge in [-0.15, -0.1) is 0 Å². The molecule has 0 radical (unpaired) electrons. The lowest BCUT2D eigenvalue weighted by molar-refractivity contribution is 0.0940. The predicted octanol–water partition coefficient (Wildman–Crippen LogP) is 1.86. The number of rotatable bonds is 4. The standard InChI is InChI=1S/C17H19N5O/c1-13-5-2-3-7-16(13)22-10-8-15(20-22)17(23)19-11-14-6-4-9-21(14)12-18/h2-3,5,7-8,10,14H,4,6,9,11H2,1H3,(H,19,23). The third kappa shape index (κ3) is 3.19. The minimum Gasteiger partial charge on any atom is -0.349 e. The molecule has 6 heteroatoms. The Morgan fingerprint density at radius 2 is 2.26 bits per heavy atom. The summed E-state index contributed by atoms with van der Waals surface area (Å²) in [5.74, 6) is -0.206. The van der Waals surface area contributed by atoms with Crippen LogP contribution in [-0.2, 0) is 0 Å². The third-order valence-corrected chi connectivity index (χ3v) is 4.19. The van der Waals surface area contributed by atoms with E-state index in [9.17, 15) is 4.79 Å². The van der Waals surface area contributed by atoms with Gasteiger partial charge in [-0.3, -0.25) is 4.79 Å². The first-order chi connectivity index (χ1) is 11.2. The van der Waals surface area contributed by atoms with Crippen LogP contribution in [-0.4, -0.2) is 39.7 Å². The van der Waals surface area contributed by atoms with Crippen molar-refractivity contribution in [2.45, 2.75) is 25.8 Å². The topological polar surface area (TPSA) is 74.0 Å². The average Bonchev–Trinajstić information content (AvgIpc) is 3.22. The fraction of sp³-hybridized carbons (Fsp3) is 0.353. The predicted molar refractivity (Wildman–Crippen MR) is 86.0 cm³/mol. The van der Waals surface area contributed by atoms with Gasteiger partial charge in [-0.1, -0.05) is 18.2 Å². The molecule has 2 heterocycles. The van der Waals surface area contributed by atoms with E-state index in [4.69, 9.17) is 5.26 Å². The molecule has 1 unspecified atom stereocenters. The molecule has 1 N–H and O–H groups in total. The highest BCUT2D eigenvalue weighted by atomic mass is 16.1. The van der Waals surface area contributed by atoms with Gasteiger partial charge in [0, 0.05) is 19.3 Å². The molecular formula is C17H19N5O. The van der Waals surface area contributed by atoms with Crippen LogP contribution in [0, 0.1) is 18.4 Å². The lowest BCUT2D eigenvalue weighted by atomic mass is 10.2. The largest absolute Gasteiger partial charge is 0.349 e. The molecular weight excluding hydrogens is 290 g/mol. The number of aromatic nitrogens is 2. The van der Waals surface area contributed by atoms with Crippen LogP contribution in [0.5, 0.6) is 0 Å². The molecule has 1 atom stereocenters. The molecule has 2 aromatic rings. The quantitative estimate of drug-likeness (QED) is 0.875. The highest BCUT2D eigenvalue weighted by Crippen LogP contribution is 2.15. The summed E-state index contributed by atoms with van der Waals surface area (Å²) in [5, 5.41) is 16.3. The Labute approximate surface area is 135 Å². The summed E-state index contributed by atoms with van der Waals surface area (Å²) in [4.78, 5) is 14.0. The third-order valence-electron chi connectivity index (χ3n) is 4.19. The molecule has 23 heavy (non-hydrogen) atoms. The molecule has 1 aromatic heterocycles. The van der Waals surface area contributed by atoms with Crippen molar-refractivity contribution in [2.24, 2.45) is 0 Å². The van der Waals surface area contributed by atoms with E-state index in [2.05, 4.69) is 16.6 Å². The summed E-state index contributed by atoms with van der Waals surface area (Å²) in [6.45, 7) is 3.26. The number of carbonyl (C=O) groups excluding carboxylic acids is 1. The van der Waals surface area contributed by atoms with Crippen molar-refractivity contribution in [1.29, 1.82) is 5.26 Å². The molecule has 118 valence electrons. The van der Waals surface area contributed by atoms with Gasteiger partial charge in [-0.05, 0) is 37.5 Å². The SMILES string of the molecule is Cc1ccccc1-n1ccc(C(=O)NCC2CCCN2C#N)n1. The van der Waals surface area contributed by atoms with Gasteiger partial charge < -0.3 is 10.2 Å². The summed E-state index contributed by atoms with van der Waals surface area (Å²) in [5.41, 5.74) is 2.44. The molecule has 1 fully saturated rings. The van der Waals surface area contributed by atoms with E-state index in [0.717, 1.165) is 30.6 Å². The molecule has 1 saturated heterocycles. The van der Waals surface area contributed by atoms with Gasteiger partial charge in [-0.2, -0.15) is 10.4 Å². The number of aryl methyl sites for hydroxylation is 1. The lowest BCUT2D eigenvalue weighted by Crippen LogP contribution is -2.38. The number of nitrogens with one attached hydrogen (secondary N) is 1. The number of amides is 1. The molecule has 1 aliphatic rings. The first kappa shape index (κ1) is 15.1. The van der Waals surface area contributed by atoms with Gasteiger partial charge in [0.2, 0.25) is 0 Å². The molecule has 3 rings (SSSR count). The smallest absolute Gasteiger partial charge is 0.271 e. The van der Waals surface area contributed by atoms with Gasteiger partial charge in [0.1, 0.15) is 0 Å². The lowest BCUT2D eigenvalue weighted by Gasteiger charge is -2.18. The molecule has 0 spiro atoms. The normalized spacial score (nSPS) is 17.0. The number of hydrogen-bond acceptors (Lipinski definition) is 4. The van der Waals surface area contributed by atoms with Crippen molar-refractivity contribution in [1.82, 2.24) is 20.0 Å². The Bertz CT molecular complexity index is 745. The van der Waals surface area contributed by atoms with E-state index in [0.29, 0.717) is 12.2 Å². The first-order valence-corrected chi connectivity index (χ1v) is 7.75. The molecule has 1 aromatic carbocycles. The van der Waals surface area contributed by atoms with E-state index in [1.807, 2.05) is 31.2 Å². The van der Waals surface area contributed by atoms with Crippen LogP contribution in [0.4, 0.5) is 0 Å². The molecule has 6 nitrogen and oxygen atoms in total. The highest BCUT2D eigenvalue weighted by Gasteiger charge is 2.24. The van der Waals surface area contributed by atoms with E-state index >= 15 is 0 Å². The second-order valence-electron chi connectivity index (χ2n) is 5.73. The minimum absolute atomic E-state index is 0.0994. The summed E-state index contributed by atoms with van der Waals surface area (Å²) >= 11 is 0. The molecule has 1 aliphatic heterocycles. The van der Waals surface area contributed by atoms with Gasteiger partial charge in [0.25, 0.3) is 5.91 Å². The zero-order chi connectivity index (χ0) is 16.2. The summed E-state index contributed by atoms with van der Waals surface area (Å²) in [7, 11) is 0. The number of hydrogen-bond donors (Lipinski definition) is 1. The summed E-state index contributed by atoms with van der Waals surface area (Å²) < 4.78 is 1.71. The van der Waals surface area contributed by atoms with Crippen molar-refractivity contribution >= 4 is 5.91 Å². The zero-order valence-corrected chi connectivity index (χ0v) is 13.1. The van der Waals surface area contributed by atoms with Crippen LogP contribution in [0.1, 0.15) is 28.9 Å². The van der Waals surface area contributed by atoms with Crippen LogP contribution >= 0.6 is 0 Å². The Morgan fingerprint density at radius 1 is 1.43 bits per heavy atom. The fourth-order valence-corrected chi connectivity index (χ4v) is 2.88. The van der Waals surface area contributed by atoms with E-state index in [-0.39, 0.29) is 11.9 Å². The van der Waals surface area contributed by atoms with Crippen LogP contribution in [0.3, 0.4) is 0 Å². The monoisotopic (exact) mass is 309 g/mol. The Hall–Kier alpha value is -2.81. The molecule has 0 aliphatic carbocycles. The van der Waals surface area contributed by atoms with Gasteiger partial charge in [-0.25, -0.2) is 4.68 Å². The van der Waals surface area contributed by atoms with Crippen LogP contribution < -0.4 is 5.32 Å². The van der Waals surface area contributed by atoms with Crippen molar-refractivity contribution in [2.75, 3.05) is 13.1 Å². The number of carbonyl (C=O) groups is 1. The number of likely N-dealkylation sites (tertiary alicyclic amines) is 1. The number of nitrogens with zero attached hydrogens (tertiary/aromatic N) is 4. The van der Waals surface area contributed by atoms with Crippen molar-refractivity contribution in [3.8, 4) is 11.9 Å². The molecule has 0 saturated carbocycles. The molecule has 1 amide bonds. The summed E-state index contributed by atoms with van der Waals surface area (Å²) in [6.07, 6.45) is 5.89. The number of para-hydroxylation sites is 1. The Kier molecular flexibility index (Phi) is 4.29. The first-order valence-electron chi connectivity index (χ1n) is 7.75. The van der Waals surface area contributed by atoms with Gasteiger partial charge in [0.15, 0.2) is 11.9 Å². The Morgan fingerprint density at radius 3 is 3.04 bits per heavy atom. The van der Waals surface area contributed by atoms with Gasteiger partial charge >= 0.3 is 0 Å². The number of nitriles is 1. The van der Waals surface area contributed by atoms with Crippen molar-refractivity contribution in [3.05, 3.63) is 47.8 Å². The number of benzene rings is 1. The molecule has 0 bridgehead atoms. The van der Waals surface area contributed by atoms with E-state index in [1.165, 1.54) is 0 Å². The maximum Gasteiger partial charge on any atom is 0.271 e. The van der Waals surface area contributed by atoms with Crippen molar-refractivity contribution in [3.63, 3.8) is 0 Å². The van der Waals surface area contributed by atoms with Crippen LogP contribution in [0.15, 0.2) is 36.5 Å². The van der Waals surface area contributed by atoms with Gasteiger partial charge in [0.05, 0.1) is 11.7 Å². The minimum atomic E-state index is -0.206. The Balaban J connectivity index is 1.65. The maximum absolute atomic E-state index is 12.2. The van der Waals surface area contributed by atoms with E-state index < -0.39 is 0 Å². The fourth-order valence-electron chi connectivity index (χ4n) is 2.88.